The average molecular weight is 212 g/mol. The van der Waals surface area contributed by atoms with Crippen molar-refractivity contribution in [2.24, 2.45) is 0 Å². The summed E-state index contributed by atoms with van der Waals surface area (Å²) in [6.07, 6.45) is 7.77. The van der Waals surface area contributed by atoms with Crippen LogP contribution in [0.25, 0.3) is 0 Å². The van der Waals surface area contributed by atoms with Gasteiger partial charge in [-0.3, -0.25) is 4.89 Å². The second-order valence-electron chi connectivity index (χ2n) is 3.88. The van der Waals surface area contributed by atoms with E-state index in [0.29, 0.717) is 0 Å². The smallest absolute Gasteiger partial charge is 0.293 e. The van der Waals surface area contributed by atoms with Gasteiger partial charge in [0.15, 0.2) is 0 Å². The summed E-state index contributed by atoms with van der Waals surface area (Å²) in [5, 5.41) is 0. The molecular formula is C12H20O3. The number of carbonyl (C=O) groups excluding carboxylic acids is 1. The highest BCUT2D eigenvalue weighted by Crippen LogP contribution is 2.18. The number of carbonyl (C=O) groups is 1. The van der Waals surface area contributed by atoms with E-state index in [2.05, 4.69) is 0 Å². The van der Waals surface area contributed by atoms with E-state index in [1.165, 1.54) is 6.42 Å². The van der Waals surface area contributed by atoms with Crippen LogP contribution >= 0.6 is 0 Å². The van der Waals surface area contributed by atoms with Crippen molar-refractivity contribution in [2.75, 3.05) is 0 Å². The van der Waals surface area contributed by atoms with E-state index in [0.717, 1.165) is 37.7 Å². The summed E-state index contributed by atoms with van der Waals surface area (Å²) in [5.41, 5.74) is 0.771. The van der Waals surface area contributed by atoms with E-state index in [1.807, 2.05) is 19.9 Å². The fourth-order valence-corrected chi connectivity index (χ4v) is 1.61. The number of hydrogen-bond acceptors (Lipinski definition) is 3. The van der Waals surface area contributed by atoms with Crippen molar-refractivity contribution >= 4 is 5.97 Å². The second-order valence-corrected chi connectivity index (χ2v) is 3.88. The highest BCUT2D eigenvalue weighted by Gasteiger charge is 2.16. The highest BCUT2D eigenvalue weighted by molar-refractivity contribution is 5.88. The molecule has 0 radical (unpaired) electrons. The Balaban J connectivity index is 2.31. The van der Waals surface area contributed by atoms with E-state index in [1.54, 1.807) is 0 Å². The first kappa shape index (κ1) is 12.2. The third-order valence-corrected chi connectivity index (χ3v) is 2.72. The number of allylic oxidation sites excluding steroid dienone is 1. The van der Waals surface area contributed by atoms with E-state index < -0.39 is 0 Å². The van der Waals surface area contributed by atoms with Gasteiger partial charge >= 0.3 is 5.97 Å². The average Bonchev–Trinajstić information content (AvgIpc) is 2.31. The molecule has 0 aromatic rings. The number of hydrogen-bond donors (Lipinski definition) is 0. The molecule has 0 unspecified atom stereocenters. The zero-order valence-corrected chi connectivity index (χ0v) is 9.62. The third kappa shape index (κ3) is 4.04. The van der Waals surface area contributed by atoms with E-state index in [-0.39, 0.29) is 12.1 Å². The first-order chi connectivity index (χ1) is 7.27. The fraction of sp³-hybridized carbons (Fsp3) is 0.750. The maximum Gasteiger partial charge on any atom is 0.368 e. The van der Waals surface area contributed by atoms with Crippen LogP contribution in [0.5, 0.6) is 0 Å². The maximum atomic E-state index is 11.5. The molecule has 0 saturated heterocycles. The summed E-state index contributed by atoms with van der Waals surface area (Å²) in [7, 11) is 0. The predicted molar refractivity (Wildman–Crippen MR) is 58.1 cm³/mol. The van der Waals surface area contributed by atoms with Crippen LogP contribution in [0.1, 0.15) is 52.4 Å². The molecule has 15 heavy (non-hydrogen) atoms. The Labute approximate surface area is 91.4 Å². The summed E-state index contributed by atoms with van der Waals surface area (Å²) in [6.45, 7) is 4.03. The van der Waals surface area contributed by atoms with Crippen molar-refractivity contribution in [1.29, 1.82) is 0 Å². The summed E-state index contributed by atoms with van der Waals surface area (Å²) in [6, 6.07) is 0. The summed E-state index contributed by atoms with van der Waals surface area (Å²) in [5.74, 6) is -0.304. The second kappa shape index (κ2) is 6.62. The molecule has 0 spiro atoms. The van der Waals surface area contributed by atoms with Gasteiger partial charge < -0.3 is 0 Å². The molecule has 1 rings (SSSR count). The quantitative estimate of drug-likeness (QED) is 0.518. The van der Waals surface area contributed by atoms with Gasteiger partial charge in [-0.1, -0.05) is 19.9 Å². The zero-order valence-electron chi connectivity index (χ0n) is 9.62. The van der Waals surface area contributed by atoms with Crippen LogP contribution in [0.2, 0.25) is 0 Å². The van der Waals surface area contributed by atoms with Gasteiger partial charge in [0.25, 0.3) is 0 Å². The largest absolute Gasteiger partial charge is 0.368 e. The predicted octanol–water partition coefficient (Wildman–Crippen LogP) is 3.15. The van der Waals surface area contributed by atoms with Gasteiger partial charge in [-0.25, -0.2) is 4.79 Å². The van der Waals surface area contributed by atoms with Crippen molar-refractivity contribution in [2.45, 2.75) is 58.5 Å². The topological polar surface area (TPSA) is 35.5 Å². The Morgan fingerprint density at radius 3 is 2.67 bits per heavy atom. The summed E-state index contributed by atoms with van der Waals surface area (Å²) in [4.78, 5) is 21.4. The van der Waals surface area contributed by atoms with Gasteiger partial charge in [0.2, 0.25) is 0 Å². The molecule has 86 valence electrons. The normalized spacial score (nSPS) is 16.3. The van der Waals surface area contributed by atoms with Gasteiger partial charge in [-0.15, -0.1) is 0 Å². The molecular weight excluding hydrogens is 192 g/mol. The van der Waals surface area contributed by atoms with Gasteiger partial charge in [-0.2, -0.15) is 4.89 Å². The Kier molecular flexibility index (Phi) is 5.40. The number of rotatable bonds is 5. The van der Waals surface area contributed by atoms with Gasteiger partial charge in [0, 0.05) is 5.57 Å². The van der Waals surface area contributed by atoms with Gasteiger partial charge in [-0.05, 0) is 38.5 Å². The summed E-state index contributed by atoms with van der Waals surface area (Å²) < 4.78 is 0. The lowest BCUT2D eigenvalue weighted by Gasteiger charge is -2.14. The molecule has 0 N–H and O–H groups in total. The molecule has 0 aromatic heterocycles. The lowest BCUT2D eigenvalue weighted by molar-refractivity contribution is -0.295. The lowest BCUT2D eigenvalue weighted by Crippen LogP contribution is -2.17. The molecule has 0 aliphatic heterocycles. The van der Waals surface area contributed by atoms with Crippen molar-refractivity contribution in [3.8, 4) is 0 Å². The zero-order chi connectivity index (χ0) is 11.1. The molecule has 3 heteroatoms. The van der Waals surface area contributed by atoms with Crippen LogP contribution in [0.4, 0.5) is 0 Å². The minimum Gasteiger partial charge on any atom is -0.293 e. The first-order valence-electron chi connectivity index (χ1n) is 5.84. The van der Waals surface area contributed by atoms with Crippen molar-refractivity contribution < 1.29 is 14.6 Å². The maximum absolute atomic E-state index is 11.5. The molecule has 0 amide bonds. The van der Waals surface area contributed by atoms with Gasteiger partial charge in [0.1, 0.15) is 6.10 Å². The van der Waals surface area contributed by atoms with Crippen LogP contribution in [-0.2, 0) is 14.6 Å². The standard InChI is InChI=1S/C12H20O3/c1-3-11(4-2)14-15-12(13)10-8-6-5-7-9-10/h8,11H,3-7,9H2,1-2H3. The van der Waals surface area contributed by atoms with Crippen LogP contribution < -0.4 is 0 Å². The highest BCUT2D eigenvalue weighted by atomic mass is 17.2. The minimum atomic E-state index is -0.304. The minimum absolute atomic E-state index is 0.0261. The SMILES string of the molecule is CCC(CC)OOC(=O)C1=CCCCC1. The van der Waals surface area contributed by atoms with Crippen molar-refractivity contribution in [3.63, 3.8) is 0 Å². The monoisotopic (exact) mass is 212 g/mol. The Bertz CT molecular complexity index is 229. The Morgan fingerprint density at radius 2 is 2.13 bits per heavy atom. The Morgan fingerprint density at radius 1 is 1.40 bits per heavy atom. The van der Waals surface area contributed by atoms with Gasteiger partial charge in [0.05, 0.1) is 0 Å². The van der Waals surface area contributed by atoms with Crippen LogP contribution in [-0.4, -0.2) is 12.1 Å². The van der Waals surface area contributed by atoms with Crippen molar-refractivity contribution in [1.82, 2.24) is 0 Å². The van der Waals surface area contributed by atoms with Crippen molar-refractivity contribution in [3.05, 3.63) is 11.6 Å². The van der Waals surface area contributed by atoms with Crippen LogP contribution in [0, 0.1) is 0 Å². The molecule has 3 nitrogen and oxygen atoms in total. The first-order valence-corrected chi connectivity index (χ1v) is 5.84. The molecule has 0 aromatic carbocycles. The van der Waals surface area contributed by atoms with E-state index in [9.17, 15) is 4.79 Å². The van der Waals surface area contributed by atoms with E-state index >= 15 is 0 Å². The van der Waals surface area contributed by atoms with Crippen LogP contribution in [0.3, 0.4) is 0 Å². The molecule has 1 aliphatic carbocycles. The lowest BCUT2D eigenvalue weighted by atomic mass is 10.00. The molecule has 0 saturated carbocycles. The molecule has 1 aliphatic rings. The molecule has 0 bridgehead atoms. The van der Waals surface area contributed by atoms with E-state index in [4.69, 9.17) is 9.78 Å². The van der Waals surface area contributed by atoms with Crippen LogP contribution in [0.15, 0.2) is 11.6 Å². The summed E-state index contributed by atoms with van der Waals surface area (Å²) >= 11 is 0. The molecule has 0 atom stereocenters. The molecule has 0 heterocycles. The Hall–Kier alpha value is -0.830. The fourth-order valence-electron chi connectivity index (χ4n) is 1.61. The molecule has 0 fully saturated rings. The third-order valence-electron chi connectivity index (χ3n) is 2.72.